The number of benzene rings is 1. The van der Waals surface area contributed by atoms with Gasteiger partial charge < -0.3 is 14.4 Å². The highest BCUT2D eigenvalue weighted by Gasteiger charge is 2.31. The molecular formula is C14H17NO5. The van der Waals surface area contributed by atoms with Gasteiger partial charge in [0.2, 0.25) is 0 Å². The predicted octanol–water partition coefficient (Wildman–Crippen LogP) is 0.988. The summed E-state index contributed by atoms with van der Waals surface area (Å²) in [6.45, 7) is 1.64. The van der Waals surface area contributed by atoms with Crippen molar-refractivity contribution in [3.8, 4) is 0 Å². The zero-order valence-electron chi connectivity index (χ0n) is 11.2. The van der Waals surface area contributed by atoms with Gasteiger partial charge in [0, 0.05) is 5.92 Å². The molecule has 0 aliphatic carbocycles. The average molecular weight is 279 g/mol. The third kappa shape index (κ3) is 4.81. The fourth-order valence-corrected chi connectivity index (χ4v) is 1.63. The summed E-state index contributed by atoms with van der Waals surface area (Å²) >= 11 is 0. The molecule has 0 amide bonds. The van der Waals surface area contributed by atoms with Gasteiger partial charge in [0.05, 0.1) is 0 Å². The van der Waals surface area contributed by atoms with Crippen molar-refractivity contribution in [3.63, 3.8) is 0 Å². The largest absolute Gasteiger partial charge is 0.460 e. The number of nitrogens with two attached hydrogens (primary N) is 1. The minimum atomic E-state index is -1.19. The Morgan fingerprint density at radius 2 is 1.90 bits per heavy atom. The normalized spacial score (nSPS) is 13.1. The first-order chi connectivity index (χ1) is 9.58. The first-order valence-corrected chi connectivity index (χ1v) is 6.15. The van der Waals surface area contributed by atoms with Crippen LogP contribution in [0.25, 0.3) is 0 Å². The van der Waals surface area contributed by atoms with Gasteiger partial charge in [-0.05, 0) is 12.0 Å². The van der Waals surface area contributed by atoms with Crippen molar-refractivity contribution in [2.45, 2.75) is 20.0 Å². The van der Waals surface area contributed by atoms with Gasteiger partial charge in [0.1, 0.15) is 12.9 Å². The Labute approximate surface area is 116 Å². The minimum absolute atomic E-state index is 0.00710. The van der Waals surface area contributed by atoms with E-state index in [4.69, 9.17) is 10.6 Å². The minimum Gasteiger partial charge on any atom is -0.460 e. The molecule has 0 aromatic heterocycles. The molecule has 1 aromatic carbocycles. The van der Waals surface area contributed by atoms with E-state index in [1.54, 1.807) is 19.1 Å². The van der Waals surface area contributed by atoms with Crippen molar-refractivity contribution in [3.05, 3.63) is 35.9 Å². The molecular weight excluding hydrogens is 262 g/mol. The van der Waals surface area contributed by atoms with E-state index in [1.807, 2.05) is 18.2 Å². The molecule has 2 unspecified atom stereocenters. The summed E-state index contributed by atoms with van der Waals surface area (Å²) in [7, 11) is 0. The molecule has 6 nitrogen and oxygen atoms in total. The van der Waals surface area contributed by atoms with Crippen LogP contribution in [0.3, 0.4) is 0 Å². The second-order valence-corrected chi connectivity index (χ2v) is 4.43. The SMILES string of the molecule is CC(C=O)CC(C(=O)ON)C(=O)OCc1ccccc1. The van der Waals surface area contributed by atoms with Crippen LogP contribution in [0.15, 0.2) is 30.3 Å². The smallest absolute Gasteiger partial charge is 0.338 e. The number of carbonyl (C=O) groups is 3. The van der Waals surface area contributed by atoms with E-state index in [-0.39, 0.29) is 13.0 Å². The zero-order chi connectivity index (χ0) is 15.0. The molecule has 2 N–H and O–H groups in total. The van der Waals surface area contributed by atoms with Crippen molar-refractivity contribution in [2.24, 2.45) is 17.7 Å². The highest BCUT2D eigenvalue weighted by molar-refractivity contribution is 5.95. The molecule has 0 aliphatic heterocycles. The zero-order valence-corrected chi connectivity index (χ0v) is 11.2. The number of hydrogen-bond donors (Lipinski definition) is 1. The molecule has 0 bridgehead atoms. The van der Waals surface area contributed by atoms with Crippen LogP contribution in [-0.2, 0) is 30.6 Å². The van der Waals surface area contributed by atoms with Crippen LogP contribution in [0, 0.1) is 11.8 Å². The Bertz CT molecular complexity index is 460. The summed E-state index contributed by atoms with van der Waals surface area (Å²) in [5.41, 5.74) is 0.796. The van der Waals surface area contributed by atoms with Gasteiger partial charge in [-0.3, -0.25) is 4.79 Å². The lowest BCUT2D eigenvalue weighted by atomic mass is 9.97. The Kier molecular flexibility index (Phi) is 6.39. The first-order valence-electron chi connectivity index (χ1n) is 6.15. The third-order valence-electron chi connectivity index (χ3n) is 2.75. The van der Waals surface area contributed by atoms with Crippen LogP contribution >= 0.6 is 0 Å². The molecule has 0 aliphatic rings. The van der Waals surface area contributed by atoms with Crippen molar-refractivity contribution in [1.82, 2.24) is 0 Å². The quantitative estimate of drug-likeness (QED) is 0.346. The van der Waals surface area contributed by atoms with Gasteiger partial charge in [-0.15, -0.1) is 0 Å². The van der Waals surface area contributed by atoms with Crippen molar-refractivity contribution in [2.75, 3.05) is 0 Å². The van der Waals surface area contributed by atoms with E-state index in [2.05, 4.69) is 4.84 Å². The van der Waals surface area contributed by atoms with E-state index in [0.29, 0.717) is 6.29 Å². The number of carbonyl (C=O) groups excluding carboxylic acids is 3. The number of aldehydes is 1. The fourth-order valence-electron chi connectivity index (χ4n) is 1.63. The Morgan fingerprint density at radius 1 is 1.25 bits per heavy atom. The molecule has 2 atom stereocenters. The van der Waals surface area contributed by atoms with E-state index < -0.39 is 23.8 Å². The molecule has 0 radical (unpaired) electrons. The lowest BCUT2D eigenvalue weighted by molar-refractivity contribution is -0.164. The summed E-state index contributed by atoms with van der Waals surface area (Å²) in [5.74, 6) is 1.47. The van der Waals surface area contributed by atoms with Crippen LogP contribution in [-0.4, -0.2) is 18.2 Å². The van der Waals surface area contributed by atoms with Gasteiger partial charge in [0.15, 0.2) is 5.92 Å². The van der Waals surface area contributed by atoms with E-state index in [1.165, 1.54) is 0 Å². The van der Waals surface area contributed by atoms with Crippen LogP contribution in [0.5, 0.6) is 0 Å². The second kappa shape index (κ2) is 8.06. The molecule has 0 fully saturated rings. The van der Waals surface area contributed by atoms with Crippen LogP contribution < -0.4 is 5.90 Å². The van der Waals surface area contributed by atoms with Gasteiger partial charge in [0.25, 0.3) is 0 Å². The van der Waals surface area contributed by atoms with Crippen molar-refractivity contribution >= 4 is 18.2 Å². The van der Waals surface area contributed by atoms with Crippen LogP contribution in [0.1, 0.15) is 18.9 Å². The van der Waals surface area contributed by atoms with E-state index >= 15 is 0 Å². The number of esters is 1. The average Bonchev–Trinajstić information content (AvgIpc) is 2.50. The number of ether oxygens (including phenoxy) is 1. The predicted molar refractivity (Wildman–Crippen MR) is 69.9 cm³/mol. The summed E-state index contributed by atoms with van der Waals surface area (Å²) in [4.78, 5) is 38.0. The highest BCUT2D eigenvalue weighted by Crippen LogP contribution is 2.15. The van der Waals surface area contributed by atoms with Gasteiger partial charge in [-0.25, -0.2) is 4.79 Å². The molecule has 0 saturated carbocycles. The molecule has 0 heterocycles. The second-order valence-electron chi connectivity index (χ2n) is 4.43. The first kappa shape index (κ1) is 15.8. The Balaban J connectivity index is 2.63. The molecule has 20 heavy (non-hydrogen) atoms. The molecule has 0 saturated heterocycles. The highest BCUT2D eigenvalue weighted by atomic mass is 16.7. The third-order valence-corrected chi connectivity index (χ3v) is 2.75. The summed E-state index contributed by atoms with van der Waals surface area (Å²) < 4.78 is 5.05. The fraction of sp³-hybridized carbons (Fsp3) is 0.357. The molecule has 1 rings (SSSR count). The lowest BCUT2D eigenvalue weighted by Crippen LogP contribution is -2.31. The van der Waals surface area contributed by atoms with E-state index in [0.717, 1.165) is 5.56 Å². The van der Waals surface area contributed by atoms with Gasteiger partial charge >= 0.3 is 11.9 Å². The standard InChI is InChI=1S/C14H17NO5/c1-10(8-16)7-12(14(18)20-15)13(17)19-9-11-5-3-2-4-6-11/h2-6,8,10,12H,7,9,15H2,1H3. The topological polar surface area (TPSA) is 95.7 Å². The summed E-state index contributed by atoms with van der Waals surface area (Å²) in [6.07, 6.45) is 0.661. The number of rotatable bonds is 7. The molecule has 0 spiro atoms. The summed E-state index contributed by atoms with van der Waals surface area (Å²) in [6, 6.07) is 9.04. The van der Waals surface area contributed by atoms with Crippen molar-refractivity contribution in [1.29, 1.82) is 0 Å². The molecule has 108 valence electrons. The lowest BCUT2D eigenvalue weighted by Gasteiger charge is -2.14. The Hall–Kier alpha value is -2.21. The molecule has 1 aromatic rings. The maximum absolute atomic E-state index is 11.9. The van der Waals surface area contributed by atoms with Crippen LogP contribution in [0.2, 0.25) is 0 Å². The Morgan fingerprint density at radius 3 is 2.45 bits per heavy atom. The monoisotopic (exact) mass is 279 g/mol. The van der Waals surface area contributed by atoms with Crippen molar-refractivity contribution < 1.29 is 24.0 Å². The maximum Gasteiger partial charge on any atom is 0.338 e. The van der Waals surface area contributed by atoms with Gasteiger partial charge in [-0.1, -0.05) is 37.3 Å². The maximum atomic E-state index is 11.9. The van der Waals surface area contributed by atoms with Gasteiger partial charge in [-0.2, -0.15) is 5.90 Å². The number of hydrogen-bond acceptors (Lipinski definition) is 6. The van der Waals surface area contributed by atoms with E-state index in [9.17, 15) is 14.4 Å². The molecule has 6 heteroatoms. The summed E-state index contributed by atoms with van der Waals surface area (Å²) in [5, 5.41) is 0. The van der Waals surface area contributed by atoms with Crippen LogP contribution in [0.4, 0.5) is 0 Å².